The summed E-state index contributed by atoms with van der Waals surface area (Å²) in [7, 11) is 0. The molecular weight excluding hydrogens is 743 g/mol. The van der Waals surface area contributed by atoms with Crippen molar-refractivity contribution in [2.24, 2.45) is 0 Å². The van der Waals surface area contributed by atoms with Crippen LogP contribution in [0, 0.1) is 0 Å². The fourth-order valence-corrected chi connectivity index (χ4v) is 10.8. The highest BCUT2D eigenvalue weighted by atomic mass is 32.1. The van der Waals surface area contributed by atoms with Gasteiger partial charge in [-0.1, -0.05) is 121 Å². The molecule has 3 aromatic heterocycles. The first kappa shape index (κ1) is 33.2. The SMILES string of the molecule is c1cc(-c2cccc3c2oc2ccccc23)cc(N(c2ccc(-c3ccc4sc5ccccc5c4c3)cc2)c2ccc(-c3ccc4sc5ccccc5c4c3)cc2)c1. The van der Waals surface area contributed by atoms with Crippen LogP contribution in [0.1, 0.15) is 0 Å². The average Bonchev–Trinajstić information content (AvgIpc) is 3.98. The van der Waals surface area contributed by atoms with E-state index in [1.54, 1.807) is 0 Å². The van der Waals surface area contributed by atoms with Gasteiger partial charge >= 0.3 is 0 Å². The summed E-state index contributed by atoms with van der Waals surface area (Å²) in [4.78, 5) is 2.36. The van der Waals surface area contributed by atoms with Crippen molar-refractivity contribution in [3.8, 4) is 33.4 Å². The Kier molecular flexibility index (Phi) is 7.62. The smallest absolute Gasteiger partial charge is 0.143 e. The summed E-state index contributed by atoms with van der Waals surface area (Å²) in [6.07, 6.45) is 0. The van der Waals surface area contributed by atoms with E-state index in [0.717, 1.165) is 50.1 Å². The highest BCUT2D eigenvalue weighted by Gasteiger charge is 2.17. The minimum Gasteiger partial charge on any atom is -0.455 e. The van der Waals surface area contributed by atoms with Gasteiger partial charge in [0.1, 0.15) is 11.2 Å². The van der Waals surface area contributed by atoms with Crippen molar-refractivity contribution in [3.63, 3.8) is 0 Å². The van der Waals surface area contributed by atoms with Crippen molar-refractivity contribution in [1.29, 1.82) is 0 Å². The minimum atomic E-state index is 0.903. The van der Waals surface area contributed by atoms with Crippen molar-refractivity contribution in [2.75, 3.05) is 4.90 Å². The highest BCUT2D eigenvalue weighted by Crippen LogP contribution is 2.43. The quantitative estimate of drug-likeness (QED) is 0.167. The van der Waals surface area contributed by atoms with E-state index in [9.17, 15) is 0 Å². The van der Waals surface area contributed by atoms with Crippen molar-refractivity contribution < 1.29 is 4.42 Å². The van der Waals surface area contributed by atoms with E-state index >= 15 is 0 Å². The van der Waals surface area contributed by atoms with Gasteiger partial charge in [-0.25, -0.2) is 0 Å². The molecule has 2 nitrogen and oxygen atoms in total. The molecule has 0 spiro atoms. The zero-order chi connectivity index (χ0) is 38.2. The number of thiophene rings is 2. The van der Waals surface area contributed by atoms with Crippen molar-refractivity contribution in [2.45, 2.75) is 0 Å². The zero-order valence-corrected chi connectivity index (χ0v) is 32.9. The number of nitrogens with zero attached hydrogens (tertiary/aromatic N) is 1. The maximum absolute atomic E-state index is 6.50. The molecule has 12 aromatic rings. The molecule has 0 aliphatic carbocycles. The van der Waals surface area contributed by atoms with E-state index in [4.69, 9.17) is 4.42 Å². The van der Waals surface area contributed by atoms with Crippen LogP contribution >= 0.6 is 22.7 Å². The molecule has 0 N–H and O–H groups in total. The Labute approximate surface area is 343 Å². The van der Waals surface area contributed by atoms with E-state index in [2.05, 4.69) is 193 Å². The number of furan rings is 1. The zero-order valence-electron chi connectivity index (χ0n) is 31.2. The van der Waals surface area contributed by atoms with Gasteiger partial charge in [0.05, 0.1) is 0 Å². The van der Waals surface area contributed by atoms with Crippen LogP contribution in [0.25, 0.3) is 95.7 Å². The highest BCUT2D eigenvalue weighted by molar-refractivity contribution is 7.26. The Balaban J connectivity index is 0.962. The van der Waals surface area contributed by atoms with Gasteiger partial charge in [0.25, 0.3) is 0 Å². The predicted octanol–water partition coefficient (Wildman–Crippen LogP) is 16.8. The fraction of sp³-hybridized carbons (Fsp3) is 0. The fourth-order valence-electron chi connectivity index (χ4n) is 8.65. The van der Waals surface area contributed by atoms with Gasteiger partial charge in [0.2, 0.25) is 0 Å². The maximum Gasteiger partial charge on any atom is 0.143 e. The number of anilines is 3. The predicted molar refractivity (Wildman–Crippen MR) is 250 cm³/mol. The average molecular weight is 776 g/mol. The number of para-hydroxylation sites is 2. The van der Waals surface area contributed by atoms with Crippen LogP contribution in [0.15, 0.2) is 205 Å². The van der Waals surface area contributed by atoms with Crippen molar-refractivity contribution in [3.05, 3.63) is 200 Å². The van der Waals surface area contributed by atoms with Gasteiger partial charge in [-0.2, -0.15) is 0 Å². The summed E-state index contributed by atoms with van der Waals surface area (Å²) in [5.74, 6) is 0. The first-order chi connectivity index (χ1) is 28.7. The number of fused-ring (bicyclic) bond motifs is 9. The lowest BCUT2D eigenvalue weighted by Crippen LogP contribution is -2.10. The van der Waals surface area contributed by atoms with E-state index in [0.29, 0.717) is 0 Å². The Morgan fingerprint density at radius 1 is 0.310 bits per heavy atom. The van der Waals surface area contributed by atoms with Crippen LogP contribution in [0.5, 0.6) is 0 Å². The minimum absolute atomic E-state index is 0.903. The number of rotatable bonds is 6. The first-order valence-electron chi connectivity index (χ1n) is 19.6. The van der Waals surface area contributed by atoms with E-state index in [-0.39, 0.29) is 0 Å². The number of benzene rings is 9. The van der Waals surface area contributed by atoms with Gasteiger partial charge in [-0.15, -0.1) is 22.7 Å². The third-order valence-corrected chi connectivity index (χ3v) is 13.8. The molecule has 12 rings (SSSR count). The Hall–Kier alpha value is -6.98. The molecule has 0 saturated carbocycles. The maximum atomic E-state index is 6.50. The molecular formula is C54H33NOS2. The Morgan fingerprint density at radius 3 is 1.43 bits per heavy atom. The largest absolute Gasteiger partial charge is 0.455 e. The van der Waals surface area contributed by atoms with Gasteiger partial charge in [-0.05, 0) is 107 Å². The van der Waals surface area contributed by atoms with Crippen LogP contribution in [-0.4, -0.2) is 0 Å². The monoisotopic (exact) mass is 775 g/mol. The molecule has 3 heterocycles. The summed E-state index contributed by atoms with van der Waals surface area (Å²) in [5.41, 5.74) is 12.1. The lowest BCUT2D eigenvalue weighted by Gasteiger charge is -2.26. The van der Waals surface area contributed by atoms with Crippen LogP contribution in [0.3, 0.4) is 0 Å². The lowest BCUT2D eigenvalue weighted by molar-refractivity contribution is 0.670. The molecule has 0 radical (unpaired) electrons. The molecule has 272 valence electrons. The second-order valence-corrected chi connectivity index (χ2v) is 17.0. The molecule has 0 bridgehead atoms. The molecule has 0 amide bonds. The normalized spacial score (nSPS) is 11.8. The van der Waals surface area contributed by atoms with Crippen LogP contribution in [0.2, 0.25) is 0 Å². The third-order valence-electron chi connectivity index (χ3n) is 11.5. The molecule has 0 unspecified atom stereocenters. The van der Waals surface area contributed by atoms with Gasteiger partial charge in [0.15, 0.2) is 0 Å². The summed E-state index contributed by atoms with van der Waals surface area (Å²) >= 11 is 3.71. The molecule has 0 aliphatic rings. The molecule has 4 heteroatoms. The summed E-state index contributed by atoms with van der Waals surface area (Å²) in [6, 6.07) is 72.7. The Bertz CT molecular complexity index is 3360. The van der Waals surface area contributed by atoms with Crippen LogP contribution in [-0.2, 0) is 0 Å². The third kappa shape index (κ3) is 5.45. The summed E-state index contributed by atoms with van der Waals surface area (Å²) < 4.78 is 11.8. The van der Waals surface area contributed by atoms with Crippen LogP contribution in [0.4, 0.5) is 17.1 Å². The first-order valence-corrected chi connectivity index (χ1v) is 21.2. The van der Waals surface area contributed by atoms with Gasteiger partial charge < -0.3 is 9.32 Å². The van der Waals surface area contributed by atoms with Gasteiger partial charge in [0, 0.05) is 73.7 Å². The molecule has 0 aliphatic heterocycles. The summed E-state index contributed by atoms with van der Waals surface area (Å²) in [5, 5.41) is 7.52. The number of hydrogen-bond acceptors (Lipinski definition) is 4. The van der Waals surface area contributed by atoms with Gasteiger partial charge in [-0.3, -0.25) is 0 Å². The molecule has 0 saturated heterocycles. The van der Waals surface area contributed by atoms with Crippen LogP contribution < -0.4 is 4.90 Å². The summed E-state index contributed by atoms with van der Waals surface area (Å²) in [6.45, 7) is 0. The Morgan fingerprint density at radius 2 is 0.810 bits per heavy atom. The second-order valence-electron chi connectivity index (χ2n) is 14.9. The molecule has 0 fully saturated rings. The molecule has 0 atom stereocenters. The van der Waals surface area contributed by atoms with Crippen molar-refractivity contribution in [1.82, 2.24) is 0 Å². The topological polar surface area (TPSA) is 16.4 Å². The van der Waals surface area contributed by atoms with E-state index in [1.807, 2.05) is 34.8 Å². The molecule has 9 aromatic carbocycles. The van der Waals surface area contributed by atoms with Crippen molar-refractivity contribution >= 4 is 102 Å². The number of hydrogen-bond donors (Lipinski definition) is 0. The standard InChI is InChI=1S/C54H33NOS2/c1-4-16-49-43(11-1)46-15-8-14-42(54(46)56-49)38-9-7-10-41(31-38)55(39-25-19-34(20-26-39)36-23-29-52-47(32-36)44-12-2-5-17-50(44)57-52)40-27-21-35(22-28-40)37-24-30-53-48(33-37)45-13-3-6-18-51(45)58-53/h1-33H. The van der Waals surface area contributed by atoms with E-state index < -0.39 is 0 Å². The molecule has 58 heavy (non-hydrogen) atoms. The second kappa shape index (κ2) is 13.3. The lowest BCUT2D eigenvalue weighted by atomic mass is 10.00. The van der Waals surface area contributed by atoms with E-state index in [1.165, 1.54) is 62.6 Å².